The molecule has 0 unspecified atom stereocenters. The van der Waals surface area contributed by atoms with Gasteiger partial charge in [-0.3, -0.25) is 14.6 Å². The van der Waals surface area contributed by atoms with Gasteiger partial charge in [-0.05, 0) is 47.7 Å². The van der Waals surface area contributed by atoms with E-state index in [0.717, 1.165) is 64.3 Å². The number of carbonyl (C=O) groups is 1. The van der Waals surface area contributed by atoms with Crippen LogP contribution in [0.3, 0.4) is 0 Å². The summed E-state index contributed by atoms with van der Waals surface area (Å²) in [5.74, 6) is 1.85. The third-order valence-electron chi connectivity index (χ3n) is 8.27. The molecule has 0 aliphatic carbocycles. The zero-order valence-corrected chi connectivity index (χ0v) is 23.2. The first kappa shape index (κ1) is 27.4. The van der Waals surface area contributed by atoms with Crippen LogP contribution in [0.5, 0.6) is 11.5 Å². The quantitative estimate of drug-likeness (QED) is 0.416. The van der Waals surface area contributed by atoms with Crippen molar-refractivity contribution in [2.75, 3.05) is 53.6 Å². The van der Waals surface area contributed by atoms with Gasteiger partial charge in [0.2, 0.25) is 5.91 Å². The van der Waals surface area contributed by atoms with E-state index in [1.54, 1.807) is 14.2 Å². The molecule has 39 heavy (non-hydrogen) atoms. The zero-order valence-electron chi connectivity index (χ0n) is 23.2. The van der Waals surface area contributed by atoms with E-state index >= 15 is 0 Å². The third-order valence-corrected chi connectivity index (χ3v) is 8.27. The van der Waals surface area contributed by atoms with Crippen molar-refractivity contribution in [1.82, 2.24) is 15.1 Å². The van der Waals surface area contributed by atoms with E-state index in [1.807, 2.05) is 18.2 Å². The summed E-state index contributed by atoms with van der Waals surface area (Å²) in [6, 6.07) is 21.5. The van der Waals surface area contributed by atoms with Gasteiger partial charge in [0.25, 0.3) is 0 Å². The average Bonchev–Trinajstić information content (AvgIpc) is 2.99. The molecule has 0 spiro atoms. The fourth-order valence-corrected chi connectivity index (χ4v) is 6.28. The summed E-state index contributed by atoms with van der Waals surface area (Å²) < 4.78 is 16.6. The number of carbonyl (C=O) groups excluding carboxylic acids is 1. The standard InChI is InChI=1S/C32H41N3O4/c1-37-30-12-6-9-25(32(30)38-2)21-33-31(36)14-13-27-23-34(16-15-29(27)35-17-19-39-20-18-35)22-26-10-5-8-24-7-3-4-11-28(24)26/h3-12,27,29H,13-23H2,1-2H3,(H,33,36)/t27-,29+/m0/s1. The summed E-state index contributed by atoms with van der Waals surface area (Å²) in [6.45, 7) is 6.99. The summed E-state index contributed by atoms with van der Waals surface area (Å²) >= 11 is 0. The Morgan fingerprint density at radius 1 is 0.949 bits per heavy atom. The van der Waals surface area contributed by atoms with Crippen LogP contribution in [0.1, 0.15) is 30.4 Å². The Bertz CT molecular complexity index is 1240. The van der Waals surface area contributed by atoms with Crippen LogP contribution in [0.15, 0.2) is 60.7 Å². The minimum absolute atomic E-state index is 0.0757. The Labute approximate surface area is 232 Å². The Morgan fingerprint density at radius 3 is 2.54 bits per heavy atom. The Morgan fingerprint density at radius 2 is 1.72 bits per heavy atom. The van der Waals surface area contributed by atoms with Crippen LogP contribution >= 0.6 is 0 Å². The SMILES string of the molecule is COc1cccc(CNC(=O)CC[C@H]2CN(Cc3cccc4ccccc34)CC[C@H]2N2CCOCC2)c1OC. The van der Waals surface area contributed by atoms with Gasteiger partial charge in [-0.1, -0.05) is 54.6 Å². The normalized spacial score (nSPS) is 20.6. The first-order chi connectivity index (χ1) is 19.2. The van der Waals surface area contributed by atoms with Crippen LogP contribution < -0.4 is 14.8 Å². The number of hydrogen-bond acceptors (Lipinski definition) is 6. The van der Waals surface area contributed by atoms with Crippen LogP contribution in [-0.4, -0.2) is 75.4 Å². The maximum Gasteiger partial charge on any atom is 0.220 e. The lowest BCUT2D eigenvalue weighted by Gasteiger charge is -2.45. The number of methoxy groups -OCH3 is 2. The topological polar surface area (TPSA) is 63.3 Å². The summed E-state index contributed by atoms with van der Waals surface area (Å²) in [5.41, 5.74) is 2.29. The van der Waals surface area contributed by atoms with Crippen molar-refractivity contribution < 1.29 is 19.0 Å². The van der Waals surface area contributed by atoms with Gasteiger partial charge in [0.05, 0.1) is 27.4 Å². The number of likely N-dealkylation sites (tertiary alicyclic amines) is 1. The van der Waals surface area contributed by atoms with E-state index in [9.17, 15) is 4.79 Å². The second kappa shape index (κ2) is 13.3. The van der Waals surface area contributed by atoms with Crippen molar-refractivity contribution in [3.63, 3.8) is 0 Å². The van der Waals surface area contributed by atoms with Gasteiger partial charge < -0.3 is 19.5 Å². The monoisotopic (exact) mass is 531 g/mol. The molecule has 2 fully saturated rings. The van der Waals surface area contributed by atoms with E-state index in [-0.39, 0.29) is 5.91 Å². The van der Waals surface area contributed by atoms with E-state index in [0.29, 0.717) is 36.4 Å². The molecule has 2 atom stereocenters. The fourth-order valence-electron chi connectivity index (χ4n) is 6.28. The summed E-state index contributed by atoms with van der Waals surface area (Å²) in [6.07, 6.45) is 2.51. The first-order valence-electron chi connectivity index (χ1n) is 14.1. The molecule has 1 amide bonds. The molecule has 3 aromatic rings. The minimum atomic E-state index is 0.0757. The second-order valence-corrected chi connectivity index (χ2v) is 10.6. The lowest BCUT2D eigenvalue weighted by molar-refractivity contribution is -0.121. The summed E-state index contributed by atoms with van der Waals surface area (Å²) in [4.78, 5) is 18.2. The number of para-hydroxylation sites is 1. The van der Waals surface area contributed by atoms with Gasteiger partial charge in [-0.25, -0.2) is 0 Å². The summed E-state index contributed by atoms with van der Waals surface area (Å²) in [7, 11) is 3.25. The van der Waals surface area contributed by atoms with E-state index in [1.165, 1.54) is 16.3 Å². The van der Waals surface area contributed by atoms with Gasteiger partial charge in [0.1, 0.15) is 0 Å². The fraction of sp³-hybridized carbons (Fsp3) is 0.469. The van der Waals surface area contributed by atoms with Gasteiger partial charge in [0.15, 0.2) is 11.5 Å². The predicted octanol–water partition coefficient (Wildman–Crippen LogP) is 4.48. The van der Waals surface area contributed by atoms with Crippen LogP contribution in [0.4, 0.5) is 0 Å². The number of nitrogens with one attached hydrogen (secondary N) is 1. The van der Waals surface area contributed by atoms with Crippen molar-refractivity contribution in [2.24, 2.45) is 5.92 Å². The number of amides is 1. The highest BCUT2D eigenvalue weighted by Gasteiger charge is 2.34. The highest BCUT2D eigenvalue weighted by Crippen LogP contribution is 2.31. The molecule has 7 nitrogen and oxygen atoms in total. The summed E-state index contributed by atoms with van der Waals surface area (Å²) in [5, 5.41) is 5.73. The van der Waals surface area contributed by atoms with Gasteiger partial charge >= 0.3 is 0 Å². The number of hydrogen-bond donors (Lipinski definition) is 1. The van der Waals surface area contributed by atoms with E-state index < -0.39 is 0 Å². The Balaban J connectivity index is 1.23. The number of fused-ring (bicyclic) bond motifs is 1. The average molecular weight is 532 g/mol. The van der Waals surface area contributed by atoms with E-state index in [2.05, 4.69) is 57.6 Å². The van der Waals surface area contributed by atoms with Crippen LogP contribution in [-0.2, 0) is 22.6 Å². The van der Waals surface area contributed by atoms with Gasteiger partial charge in [-0.2, -0.15) is 0 Å². The van der Waals surface area contributed by atoms with Gasteiger partial charge in [0, 0.05) is 50.7 Å². The highest BCUT2D eigenvalue weighted by molar-refractivity contribution is 5.85. The molecule has 2 saturated heterocycles. The molecule has 0 saturated carbocycles. The molecule has 1 N–H and O–H groups in total. The molecule has 0 aromatic heterocycles. The molecule has 0 radical (unpaired) electrons. The van der Waals surface area contributed by atoms with Crippen molar-refractivity contribution in [2.45, 2.75) is 38.4 Å². The predicted molar refractivity (Wildman–Crippen MR) is 154 cm³/mol. The molecule has 2 aliphatic rings. The smallest absolute Gasteiger partial charge is 0.220 e. The number of morpholine rings is 1. The number of nitrogens with zero attached hydrogens (tertiary/aromatic N) is 2. The van der Waals surface area contributed by atoms with Crippen molar-refractivity contribution in [3.8, 4) is 11.5 Å². The van der Waals surface area contributed by atoms with E-state index in [4.69, 9.17) is 14.2 Å². The zero-order chi connectivity index (χ0) is 27.0. The highest BCUT2D eigenvalue weighted by atomic mass is 16.5. The Kier molecular flexibility index (Phi) is 9.35. The number of benzene rings is 3. The molecule has 2 aliphatic heterocycles. The van der Waals surface area contributed by atoms with Crippen molar-refractivity contribution in [3.05, 3.63) is 71.8 Å². The molecule has 2 heterocycles. The molecular weight excluding hydrogens is 490 g/mol. The lowest BCUT2D eigenvalue weighted by atomic mass is 9.86. The molecule has 0 bridgehead atoms. The van der Waals surface area contributed by atoms with Crippen molar-refractivity contribution >= 4 is 16.7 Å². The molecule has 7 heteroatoms. The molecule has 5 rings (SSSR count). The van der Waals surface area contributed by atoms with Crippen LogP contribution in [0, 0.1) is 5.92 Å². The number of ether oxygens (including phenoxy) is 3. The third kappa shape index (κ3) is 6.72. The van der Waals surface area contributed by atoms with Crippen LogP contribution in [0.2, 0.25) is 0 Å². The second-order valence-electron chi connectivity index (χ2n) is 10.6. The maximum atomic E-state index is 13.0. The van der Waals surface area contributed by atoms with Gasteiger partial charge in [-0.15, -0.1) is 0 Å². The lowest BCUT2D eigenvalue weighted by Crippen LogP contribution is -2.54. The minimum Gasteiger partial charge on any atom is -0.493 e. The molecule has 3 aromatic carbocycles. The maximum absolute atomic E-state index is 13.0. The largest absolute Gasteiger partial charge is 0.493 e. The van der Waals surface area contributed by atoms with Crippen LogP contribution in [0.25, 0.3) is 10.8 Å². The number of rotatable bonds is 10. The molecule has 208 valence electrons. The molecular formula is C32H41N3O4. The number of piperidine rings is 1. The Hall–Kier alpha value is -3.13. The van der Waals surface area contributed by atoms with Crippen molar-refractivity contribution in [1.29, 1.82) is 0 Å². The first-order valence-corrected chi connectivity index (χ1v) is 14.1.